The number of ether oxygens (including phenoxy) is 1. The minimum Gasteiger partial charge on any atom is -0.468 e. The molecule has 0 radical (unpaired) electrons. The molecule has 0 N–H and O–H groups in total. The van der Waals surface area contributed by atoms with Crippen LogP contribution in [-0.4, -0.2) is 37.6 Å². The second-order valence-electron chi connectivity index (χ2n) is 2.81. The Morgan fingerprint density at radius 3 is 2.82 bits per heavy atom. The molecule has 1 heterocycles. The van der Waals surface area contributed by atoms with Gasteiger partial charge in [-0.15, -0.1) is 0 Å². The van der Waals surface area contributed by atoms with Gasteiger partial charge in [0.15, 0.2) is 0 Å². The van der Waals surface area contributed by atoms with E-state index in [4.69, 9.17) is 0 Å². The van der Waals surface area contributed by atoms with Crippen LogP contribution in [0.15, 0.2) is 11.6 Å². The molecule has 1 aliphatic heterocycles. The van der Waals surface area contributed by atoms with E-state index >= 15 is 0 Å². The first kappa shape index (κ1) is 8.27. The summed E-state index contributed by atoms with van der Waals surface area (Å²) in [6.45, 7) is 2.79. The molecule has 0 aromatic carbocycles. The summed E-state index contributed by atoms with van der Waals surface area (Å²) in [6, 6.07) is -0.153. The van der Waals surface area contributed by atoms with Gasteiger partial charge in [-0.25, -0.2) is 0 Å². The molecule has 0 aromatic rings. The van der Waals surface area contributed by atoms with Crippen LogP contribution in [0.5, 0.6) is 0 Å². The summed E-state index contributed by atoms with van der Waals surface area (Å²) in [6.07, 6.45) is 2.04. The Kier molecular flexibility index (Phi) is 2.29. The summed E-state index contributed by atoms with van der Waals surface area (Å²) in [5, 5.41) is 0. The second kappa shape index (κ2) is 3.05. The molecule has 62 valence electrons. The maximum absolute atomic E-state index is 11.1. The highest BCUT2D eigenvalue weighted by Gasteiger charge is 2.28. The van der Waals surface area contributed by atoms with Gasteiger partial charge in [-0.05, 0) is 19.5 Å². The van der Waals surface area contributed by atoms with Crippen LogP contribution in [0.2, 0.25) is 0 Å². The van der Waals surface area contributed by atoms with E-state index in [9.17, 15) is 4.79 Å². The average molecular weight is 155 g/mol. The lowest BCUT2D eigenvalue weighted by Crippen LogP contribution is -2.35. The third kappa shape index (κ3) is 1.43. The number of likely N-dealkylation sites (N-methyl/N-ethyl adjacent to an activating group) is 1. The van der Waals surface area contributed by atoms with Crippen molar-refractivity contribution in [2.24, 2.45) is 0 Å². The summed E-state index contributed by atoms with van der Waals surface area (Å²) in [7, 11) is 3.33. The van der Waals surface area contributed by atoms with E-state index in [1.165, 1.54) is 7.11 Å². The lowest BCUT2D eigenvalue weighted by molar-refractivity contribution is -0.144. The standard InChI is InChI=1S/C8H13NO2/c1-6-4-5-9(2)7(6)8(10)11-3/h4,7H,5H2,1-3H3/t7-/m0/s1. The largest absolute Gasteiger partial charge is 0.468 e. The monoisotopic (exact) mass is 155 g/mol. The SMILES string of the molecule is COC(=O)[C@@H]1C(C)=CCN1C. The number of carbonyl (C=O) groups is 1. The Morgan fingerprint density at radius 1 is 1.82 bits per heavy atom. The molecule has 0 spiro atoms. The molecule has 0 saturated heterocycles. The summed E-state index contributed by atoms with van der Waals surface area (Å²) in [4.78, 5) is 13.1. The lowest BCUT2D eigenvalue weighted by Gasteiger charge is -2.18. The molecule has 3 nitrogen and oxygen atoms in total. The Hall–Kier alpha value is -0.830. The predicted octanol–water partition coefficient (Wildman–Crippen LogP) is 0.420. The third-order valence-corrected chi connectivity index (χ3v) is 2.00. The molecule has 0 saturated carbocycles. The van der Waals surface area contributed by atoms with E-state index < -0.39 is 0 Å². The molecule has 0 amide bonds. The van der Waals surface area contributed by atoms with Crippen molar-refractivity contribution in [3.8, 4) is 0 Å². The van der Waals surface area contributed by atoms with Crippen molar-refractivity contribution in [3.05, 3.63) is 11.6 Å². The molecule has 0 aromatic heterocycles. The highest BCUT2D eigenvalue weighted by atomic mass is 16.5. The number of hydrogen-bond acceptors (Lipinski definition) is 3. The Labute approximate surface area is 66.6 Å². The molecule has 3 heteroatoms. The highest BCUT2D eigenvalue weighted by molar-refractivity contribution is 5.79. The smallest absolute Gasteiger partial charge is 0.327 e. The number of esters is 1. The number of hydrogen-bond donors (Lipinski definition) is 0. The van der Waals surface area contributed by atoms with Crippen LogP contribution in [0.3, 0.4) is 0 Å². The van der Waals surface area contributed by atoms with Gasteiger partial charge in [-0.1, -0.05) is 6.08 Å². The number of rotatable bonds is 1. The molecule has 0 bridgehead atoms. The van der Waals surface area contributed by atoms with E-state index in [1.807, 2.05) is 24.9 Å². The molecule has 0 unspecified atom stereocenters. The van der Waals surface area contributed by atoms with E-state index in [0.29, 0.717) is 0 Å². The molecule has 0 fully saturated rings. The zero-order chi connectivity index (χ0) is 8.43. The first-order valence-electron chi connectivity index (χ1n) is 3.61. The fourth-order valence-electron chi connectivity index (χ4n) is 1.33. The van der Waals surface area contributed by atoms with Gasteiger partial charge in [0.05, 0.1) is 7.11 Å². The molecular formula is C8H13NO2. The van der Waals surface area contributed by atoms with Gasteiger partial charge in [0.2, 0.25) is 0 Å². The van der Waals surface area contributed by atoms with Crippen LogP contribution in [0.25, 0.3) is 0 Å². The zero-order valence-electron chi connectivity index (χ0n) is 7.13. The molecule has 1 atom stereocenters. The lowest BCUT2D eigenvalue weighted by atomic mass is 10.1. The number of methoxy groups -OCH3 is 1. The van der Waals surface area contributed by atoms with Gasteiger partial charge in [-0.2, -0.15) is 0 Å². The van der Waals surface area contributed by atoms with Crippen molar-refractivity contribution in [3.63, 3.8) is 0 Å². The Balaban J connectivity index is 2.70. The maximum Gasteiger partial charge on any atom is 0.327 e. The second-order valence-corrected chi connectivity index (χ2v) is 2.81. The summed E-state index contributed by atoms with van der Waals surface area (Å²) in [5.41, 5.74) is 1.08. The fraction of sp³-hybridized carbons (Fsp3) is 0.625. The topological polar surface area (TPSA) is 29.5 Å². The van der Waals surface area contributed by atoms with E-state index in [0.717, 1.165) is 12.1 Å². The van der Waals surface area contributed by atoms with Crippen molar-refractivity contribution in [2.75, 3.05) is 20.7 Å². The van der Waals surface area contributed by atoms with Crippen LogP contribution < -0.4 is 0 Å². The third-order valence-electron chi connectivity index (χ3n) is 2.00. The molecule has 0 aliphatic carbocycles. The average Bonchev–Trinajstić information content (AvgIpc) is 2.30. The van der Waals surface area contributed by atoms with Crippen LogP contribution in [-0.2, 0) is 9.53 Å². The summed E-state index contributed by atoms with van der Waals surface area (Å²) < 4.78 is 4.65. The van der Waals surface area contributed by atoms with Crippen molar-refractivity contribution >= 4 is 5.97 Å². The van der Waals surface area contributed by atoms with Gasteiger partial charge in [0, 0.05) is 6.54 Å². The first-order chi connectivity index (χ1) is 5.16. The molecule has 1 rings (SSSR count). The normalized spacial score (nSPS) is 25.0. The van der Waals surface area contributed by atoms with E-state index in [1.54, 1.807) is 0 Å². The molecule has 1 aliphatic rings. The minimum atomic E-state index is -0.168. The zero-order valence-corrected chi connectivity index (χ0v) is 7.13. The van der Waals surface area contributed by atoms with Crippen LogP contribution in [0, 0.1) is 0 Å². The van der Waals surface area contributed by atoms with Gasteiger partial charge in [0.25, 0.3) is 0 Å². The van der Waals surface area contributed by atoms with Gasteiger partial charge in [0.1, 0.15) is 6.04 Å². The van der Waals surface area contributed by atoms with Crippen molar-refractivity contribution in [1.82, 2.24) is 4.90 Å². The van der Waals surface area contributed by atoms with Crippen LogP contribution in [0.1, 0.15) is 6.92 Å². The predicted molar refractivity (Wildman–Crippen MR) is 42.2 cm³/mol. The minimum absolute atomic E-state index is 0.153. The van der Waals surface area contributed by atoms with Crippen molar-refractivity contribution in [2.45, 2.75) is 13.0 Å². The fourth-order valence-corrected chi connectivity index (χ4v) is 1.33. The van der Waals surface area contributed by atoms with Crippen LogP contribution >= 0.6 is 0 Å². The first-order valence-corrected chi connectivity index (χ1v) is 3.61. The van der Waals surface area contributed by atoms with Gasteiger partial charge >= 0.3 is 5.97 Å². The summed E-state index contributed by atoms with van der Waals surface area (Å²) >= 11 is 0. The number of carbonyl (C=O) groups excluding carboxylic acids is 1. The van der Waals surface area contributed by atoms with Gasteiger partial charge in [-0.3, -0.25) is 9.69 Å². The van der Waals surface area contributed by atoms with Crippen molar-refractivity contribution < 1.29 is 9.53 Å². The van der Waals surface area contributed by atoms with E-state index in [-0.39, 0.29) is 12.0 Å². The van der Waals surface area contributed by atoms with Crippen molar-refractivity contribution in [1.29, 1.82) is 0 Å². The summed E-state index contributed by atoms with van der Waals surface area (Å²) in [5.74, 6) is -0.168. The van der Waals surface area contributed by atoms with E-state index in [2.05, 4.69) is 4.74 Å². The van der Waals surface area contributed by atoms with Crippen LogP contribution in [0.4, 0.5) is 0 Å². The molecule has 11 heavy (non-hydrogen) atoms. The Bertz CT molecular complexity index is 198. The maximum atomic E-state index is 11.1. The Morgan fingerprint density at radius 2 is 2.45 bits per heavy atom. The molecular weight excluding hydrogens is 142 g/mol. The highest BCUT2D eigenvalue weighted by Crippen LogP contribution is 2.16. The quantitative estimate of drug-likeness (QED) is 0.406. The van der Waals surface area contributed by atoms with Gasteiger partial charge < -0.3 is 4.74 Å². The number of nitrogens with zero attached hydrogens (tertiary/aromatic N) is 1.